The van der Waals surface area contributed by atoms with Crippen LogP contribution in [0.1, 0.15) is 31.8 Å². The zero-order valence-corrected chi connectivity index (χ0v) is 16.3. The normalized spacial score (nSPS) is 13.7. The van der Waals surface area contributed by atoms with E-state index in [4.69, 9.17) is 14.2 Å². The summed E-state index contributed by atoms with van der Waals surface area (Å²) in [5.74, 6) is 0.189. The Morgan fingerprint density at radius 2 is 1.70 bits per heavy atom. The number of carbonyl (C=O) groups excluding carboxylic acids is 2. The highest BCUT2D eigenvalue weighted by Crippen LogP contribution is 2.39. The fourth-order valence-corrected chi connectivity index (χ4v) is 3.07. The van der Waals surface area contributed by atoms with Gasteiger partial charge < -0.3 is 14.2 Å². The monoisotopic (exact) mass is 404 g/mol. The number of allylic oxidation sites excluding steroid dienone is 1. The first-order chi connectivity index (χ1) is 14.5. The van der Waals surface area contributed by atoms with Crippen LogP contribution in [0.2, 0.25) is 0 Å². The van der Waals surface area contributed by atoms with E-state index in [-0.39, 0.29) is 22.9 Å². The summed E-state index contributed by atoms with van der Waals surface area (Å²) < 4.78 is 29.4. The predicted molar refractivity (Wildman–Crippen MR) is 108 cm³/mol. The van der Waals surface area contributed by atoms with E-state index >= 15 is 0 Å². The molecule has 0 spiro atoms. The van der Waals surface area contributed by atoms with E-state index in [0.717, 1.165) is 5.56 Å². The number of methoxy groups -OCH3 is 1. The molecule has 4 rings (SSSR count). The Hall–Kier alpha value is -3.93. The van der Waals surface area contributed by atoms with Gasteiger partial charge in [0.05, 0.1) is 18.2 Å². The minimum atomic E-state index is -0.628. The molecule has 5 nitrogen and oxygen atoms in total. The van der Waals surface area contributed by atoms with Gasteiger partial charge in [0.1, 0.15) is 23.1 Å². The van der Waals surface area contributed by atoms with Crippen molar-refractivity contribution in [1.29, 1.82) is 0 Å². The number of ketones is 1. The molecule has 150 valence electrons. The van der Waals surface area contributed by atoms with Gasteiger partial charge in [0.25, 0.3) is 0 Å². The Bertz CT molecular complexity index is 1160. The van der Waals surface area contributed by atoms with Crippen molar-refractivity contribution < 1.29 is 28.2 Å². The van der Waals surface area contributed by atoms with Crippen molar-refractivity contribution in [3.8, 4) is 17.2 Å². The Morgan fingerprint density at radius 3 is 2.37 bits per heavy atom. The molecule has 0 atom stereocenters. The second-order valence-corrected chi connectivity index (χ2v) is 6.67. The minimum absolute atomic E-state index is 0.181. The maximum atomic E-state index is 13.0. The van der Waals surface area contributed by atoms with Crippen molar-refractivity contribution in [2.24, 2.45) is 0 Å². The number of hydrogen-bond donors (Lipinski definition) is 0. The van der Waals surface area contributed by atoms with Crippen LogP contribution >= 0.6 is 0 Å². The molecule has 0 fully saturated rings. The molecule has 30 heavy (non-hydrogen) atoms. The summed E-state index contributed by atoms with van der Waals surface area (Å²) in [7, 11) is 1.58. The summed E-state index contributed by atoms with van der Waals surface area (Å²) in [5.41, 5.74) is 1.92. The average molecular weight is 404 g/mol. The van der Waals surface area contributed by atoms with Gasteiger partial charge in [-0.3, -0.25) is 4.79 Å². The summed E-state index contributed by atoms with van der Waals surface area (Å²) in [6.07, 6.45) is 1.64. The fraction of sp³-hybridized carbons (Fsp3) is 0.0833. The van der Waals surface area contributed by atoms with Crippen molar-refractivity contribution in [1.82, 2.24) is 0 Å². The first-order valence-electron chi connectivity index (χ1n) is 9.16. The maximum Gasteiger partial charge on any atom is 0.343 e. The molecule has 1 aliphatic heterocycles. The van der Waals surface area contributed by atoms with Gasteiger partial charge in [0.2, 0.25) is 5.78 Å². The standard InChI is InChI=1S/C24H17FO5/c1-14-20(30-24(27)16-5-7-17(25)8-6-16)12-11-19-22(26)21(29-23(14)19)13-15-3-9-18(28-2)10-4-15/h3-13H,1-2H3/b21-13-. The second-order valence-electron chi connectivity index (χ2n) is 6.67. The number of hydrogen-bond acceptors (Lipinski definition) is 5. The molecule has 0 N–H and O–H groups in total. The Morgan fingerprint density at radius 1 is 1.00 bits per heavy atom. The molecule has 0 radical (unpaired) electrons. The summed E-state index contributed by atoms with van der Waals surface area (Å²) in [5, 5.41) is 0. The van der Waals surface area contributed by atoms with Gasteiger partial charge in [-0.15, -0.1) is 0 Å². The molecule has 0 saturated carbocycles. The largest absolute Gasteiger partial charge is 0.497 e. The molecular weight excluding hydrogens is 387 g/mol. The van der Waals surface area contributed by atoms with E-state index in [2.05, 4.69) is 0 Å². The average Bonchev–Trinajstić information content (AvgIpc) is 3.07. The summed E-state index contributed by atoms with van der Waals surface area (Å²) in [6.45, 7) is 1.70. The topological polar surface area (TPSA) is 61.8 Å². The molecule has 0 bridgehead atoms. The Labute approximate surface area is 172 Å². The molecule has 6 heteroatoms. The summed E-state index contributed by atoms with van der Waals surface area (Å²) in [6, 6.07) is 15.4. The molecule has 1 aliphatic rings. The SMILES string of the molecule is COc1ccc(/C=C2\Oc3c(ccc(OC(=O)c4ccc(F)cc4)c3C)C2=O)cc1. The lowest BCUT2D eigenvalue weighted by atomic mass is 10.1. The van der Waals surface area contributed by atoms with Crippen molar-refractivity contribution >= 4 is 17.8 Å². The summed E-state index contributed by atoms with van der Waals surface area (Å²) in [4.78, 5) is 25.0. The van der Waals surface area contributed by atoms with E-state index in [1.54, 1.807) is 44.4 Å². The number of ether oxygens (including phenoxy) is 3. The predicted octanol–water partition coefficient (Wildman–Crippen LogP) is 4.98. The highest BCUT2D eigenvalue weighted by atomic mass is 19.1. The molecule has 0 aliphatic carbocycles. The lowest BCUT2D eigenvalue weighted by Gasteiger charge is -2.10. The molecule has 1 heterocycles. The van der Waals surface area contributed by atoms with Gasteiger partial charge in [0.15, 0.2) is 5.76 Å². The van der Waals surface area contributed by atoms with E-state index in [9.17, 15) is 14.0 Å². The number of halogens is 1. The minimum Gasteiger partial charge on any atom is -0.497 e. The van der Waals surface area contributed by atoms with Crippen molar-refractivity contribution in [2.75, 3.05) is 7.11 Å². The Balaban J connectivity index is 1.58. The van der Waals surface area contributed by atoms with Gasteiger partial charge >= 0.3 is 5.97 Å². The van der Waals surface area contributed by atoms with Crippen molar-refractivity contribution in [3.05, 3.63) is 94.5 Å². The van der Waals surface area contributed by atoms with Gasteiger partial charge in [-0.25, -0.2) is 9.18 Å². The van der Waals surface area contributed by atoms with Gasteiger partial charge in [-0.05, 0) is 67.1 Å². The molecule has 3 aromatic rings. The maximum absolute atomic E-state index is 13.0. The van der Waals surface area contributed by atoms with Crippen LogP contribution in [-0.2, 0) is 0 Å². The van der Waals surface area contributed by atoms with Crippen LogP contribution in [0, 0.1) is 12.7 Å². The van der Waals surface area contributed by atoms with Crippen molar-refractivity contribution in [2.45, 2.75) is 6.92 Å². The molecular formula is C24H17FO5. The van der Waals surface area contributed by atoms with Crippen LogP contribution < -0.4 is 14.2 Å². The fourth-order valence-electron chi connectivity index (χ4n) is 3.07. The second kappa shape index (κ2) is 7.83. The van der Waals surface area contributed by atoms with E-state index in [0.29, 0.717) is 22.6 Å². The molecule has 0 aromatic heterocycles. The molecule has 0 unspecified atom stereocenters. The molecule has 0 amide bonds. The lowest BCUT2D eigenvalue weighted by molar-refractivity contribution is 0.0733. The van der Waals surface area contributed by atoms with Crippen LogP contribution in [0.3, 0.4) is 0 Å². The number of esters is 1. The van der Waals surface area contributed by atoms with Gasteiger partial charge in [-0.1, -0.05) is 12.1 Å². The Kier molecular flexibility index (Phi) is 5.06. The van der Waals surface area contributed by atoms with E-state index < -0.39 is 11.8 Å². The van der Waals surface area contributed by atoms with Gasteiger partial charge in [0, 0.05) is 5.56 Å². The summed E-state index contributed by atoms with van der Waals surface area (Å²) >= 11 is 0. The van der Waals surface area contributed by atoms with Crippen molar-refractivity contribution in [3.63, 3.8) is 0 Å². The third-order valence-electron chi connectivity index (χ3n) is 4.73. The highest BCUT2D eigenvalue weighted by Gasteiger charge is 2.30. The van der Waals surface area contributed by atoms with Crippen LogP contribution in [0.25, 0.3) is 6.08 Å². The number of rotatable bonds is 4. The van der Waals surface area contributed by atoms with Gasteiger partial charge in [-0.2, -0.15) is 0 Å². The van der Waals surface area contributed by atoms with Crippen LogP contribution in [0.5, 0.6) is 17.2 Å². The van der Waals surface area contributed by atoms with Crippen LogP contribution in [-0.4, -0.2) is 18.9 Å². The zero-order valence-electron chi connectivity index (χ0n) is 16.3. The third-order valence-corrected chi connectivity index (χ3v) is 4.73. The zero-order chi connectivity index (χ0) is 21.3. The number of carbonyl (C=O) groups is 2. The third kappa shape index (κ3) is 3.67. The molecule has 3 aromatic carbocycles. The molecule has 0 saturated heterocycles. The number of Topliss-reactive ketones (excluding diaryl/α,β-unsaturated/α-hetero) is 1. The van der Waals surface area contributed by atoms with E-state index in [1.807, 2.05) is 12.1 Å². The first kappa shape index (κ1) is 19.4. The number of fused-ring (bicyclic) bond motifs is 1. The quantitative estimate of drug-likeness (QED) is 0.349. The first-order valence-corrected chi connectivity index (χ1v) is 9.16. The highest BCUT2D eigenvalue weighted by molar-refractivity contribution is 6.15. The van der Waals surface area contributed by atoms with E-state index in [1.165, 1.54) is 24.3 Å². The smallest absolute Gasteiger partial charge is 0.343 e. The van der Waals surface area contributed by atoms with Crippen LogP contribution in [0.15, 0.2) is 66.4 Å². The van der Waals surface area contributed by atoms with Crippen LogP contribution in [0.4, 0.5) is 4.39 Å². The lowest BCUT2D eigenvalue weighted by Crippen LogP contribution is -2.09. The number of benzene rings is 3.